The van der Waals surface area contributed by atoms with Gasteiger partial charge in [0.2, 0.25) is 0 Å². The van der Waals surface area contributed by atoms with Gasteiger partial charge >= 0.3 is 0 Å². The molecule has 0 saturated heterocycles. The van der Waals surface area contributed by atoms with E-state index in [1.807, 2.05) is 44.2 Å². The Hall–Kier alpha value is -1.72. The zero-order chi connectivity index (χ0) is 13.2. The second-order valence-electron chi connectivity index (χ2n) is 4.70. The van der Waals surface area contributed by atoms with Gasteiger partial charge in [0, 0.05) is 6.54 Å². The minimum absolute atomic E-state index is 0.0629. The first-order valence-electron chi connectivity index (χ1n) is 5.83. The lowest BCUT2D eigenvalue weighted by Crippen LogP contribution is -2.21. The van der Waals surface area contributed by atoms with E-state index in [-0.39, 0.29) is 17.9 Å². The van der Waals surface area contributed by atoms with Gasteiger partial charge in [-0.1, -0.05) is 35.5 Å². The van der Waals surface area contributed by atoms with E-state index in [2.05, 4.69) is 10.1 Å². The minimum Gasteiger partial charge on any atom is -0.382 e. The second-order valence-corrected chi connectivity index (χ2v) is 4.70. The molecule has 5 nitrogen and oxygen atoms in total. The van der Waals surface area contributed by atoms with E-state index < -0.39 is 6.10 Å². The van der Waals surface area contributed by atoms with Crippen LogP contribution in [0.1, 0.15) is 37.2 Å². The zero-order valence-electron chi connectivity index (χ0n) is 10.5. The van der Waals surface area contributed by atoms with Crippen molar-refractivity contribution >= 4 is 0 Å². The van der Waals surface area contributed by atoms with Crippen molar-refractivity contribution in [2.45, 2.75) is 25.4 Å². The van der Waals surface area contributed by atoms with E-state index in [4.69, 9.17) is 10.3 Å². The summed E-state index contributed by atoms with van der Waals surface area (Å²) in [5.74, 6) is 0.702. The molecular weight excluding hydrogens is 230 g/mol. The quantitative estimate of drug-likeness (QED) is 0.852. The molecule has 3 N–H and O–H groups in total. The first kappa shape index (κ1) is 12.7. The Balaban J connectivity index is 2.33. The first-order valence-corrected chi connectivity index (χ1v) is 5.83. The van der Waals surface area contributed by atoms with Gasteiger partial charge in [0.1, 0.15) is 6.10 Å². The highest BCUT2D eigenvalue weighted by molar-refractivity contribution is 5.30. The Morgan fingerprint density at radius 1 is 1.33 bits per heavy atom. The summed E-state index contributed by atoms with van der Waals surface area (Å²) in [6.07, 6.45) is -0.905. The van der Waals surface area contributed by atoms with E-state index in [1.165, 1.54) is 0 Å². The van der Waals surface area contributed by atoms with Crippen LogP contribution in [0.25, 0.3) is 0 Å². The largest absolute Gasteiger partial charge is 0.382 e. The van der Waals surface area contributed by atoms with Gasteiger partial charge in [0.15, 0.2) is 5.82 Å². The number of hydrogen-bond acceptors (Lipinski definition) is 5. The van der Waals surface area contributed by atoms with Crippen molar-refractivity contribution in [3.63, 3.8) is 0 Å². The molecule has 0 saturated carbocycles. The molecule has 18 heavy (non-hydrogen) atoms. The molecule has 0 radical (unpaired) electrons. The SMILES string of the molecule is CC(C)(c1ccccc1)c1noc(C(O)CN)n1. The molecule has 2 rings (SSSR count). The van der Waals surface area contributed by atoms with Crippen molar-refractivity contribution in [1.29, 1.82) is 0 Å². The molecule has 0 amide bonds. The predicted octanol–water partition coefficient (Wildman–Crippen LogP) is 1.39. The van der Waals surface area contributed by atoms with Crippen LogP contribution >= 0.6 is 0 Å². The third kappa shape index (κ3) is 2.27. The zero-order valence-corrected chi connectivity index (χ0v) is 10.5. The topological polar surface area (TPSA) is 85.2 Å². The number of rotatable bonds is 4. The van der Waals surface area contributed by atoms with Gasteiger partial charge in [0.25, 0.3) is 5.89 Å². The average Bonchev–Trinajstić information content (AvgIpc) is 2.89. The maximum atomic E-state index is 9.56. The monoisotopic (exact) mass is 247 g/mol. The molecule has 0 spiro atoms. The molecule has 2 aromatic rings. The van der Waals surface area contributed by atoms with Crippen molar-refractivity contribution in [2.75, 3.05) is 6.54 Å². The lowest BCUT2D eigenvalue weighted by atomic mass is 9.84. The van der Waals surface area contributed by atoms with E-state index in [1.54, 1.807) is 0 Å². The van der Waals surface area contributed by atoms with Crippen molar-refractivity contribution in [2.24, 2.45) is 5.73 Å². The van der Waals surface area contributed by atoms with Crippen molar-refractivity contribution < 1.29 is 9.63 Å². The molecular formula is C13H17N3O2. The molecule has 1 atom stereocenters. The lowest BCUT2D eigenvalue weighted by molar-refractivity contribution is 0.141. The predicted molar refractivity (Wildman–Crippen MR) is 66.9 cm³/mol. The third-order valence-electron chi connectivity index (χ3n) is 3.00. The van der Waals surface area contributed by atoms with Crippen LogP contribution in [-0.2, 0) is 5.41 Å². The third-order valence-corrected chi connectivity index (χ3v) is 3.00. The molecule has 0 aliphatic rings. The van der Waals surface area contributed by atoms with Gasteiger partial charge < -0.3 is 15.4 Å². The highest BCUT2D eigenvalue weighted by atomic mass is 16.5. The Morgan fingerprint density at radius 2 is 2.00 bits per heavy atom. The van der Waals surface area contributed by atoms with Crippen LogP contribution in [-0.4, -0.2) is 21.8 Å². The van der Waals surface area contributed by atoms with Gasteiger partial charge in [-0.2, -0.15) is 4.98 Å². The van der Waals surface area contributed by atoms with Gasteiger partial charge in [-0.3, -0.25) is 0 Å². The fraction of sp³-hybridized carbons (Fsp3) is 0.385. The fourth-order valence-electron chi connectivity index (χ4n) is 1.71. The Kier molecular flexibility index (Phi) is 3.45. The van der Waals surface area contributed by atoms with Gasteiger partial charge in [-0.15, -0.1) is 0 Å². The average molecular weight is 247 g/mol. The van der Waals surface area contributed by atoms with Crippen molar-refractivity contribution in [3.05, 3.63) is 47.6 Å². The smallest absolute Gasteiger partial charge is 0.256 e. The molecule has 1 aromatic heterocycles. The van der Waals surface area contributed by atoms with Crippen LogP contribution in [0.4, 0.5) is 0 Å². The second kappa shape index (κ2) is 4.88. The van der Waals surface area contributed by atoms with Crippen molar-refractivity contribution in [1.82, 2.24) is 10.1 Å². The number of aromatic nitrogens is 2. The number of hydrogen-bond donors (Lipinski definition) is 2. The van der Waals surface area contributed by atoms with E-state index in [0.29, 0.717) is 5.82 Å². The summed E-state index contributed by atoms with van der Waals surface area (Å²) >= 11 is 0. The number of nitrogens with zero attached hydrogens (tertiary/aromatic N) is 2. The van der Waals surface area contributed by atoms with Gasteiger partial charge in [-0.05, 0) is 19.4 Å². The Labute approximate surface area is 106 Å². The van der Waals surface area contributed by atoms with Gasteiger partial charge in [0.05, 0.1) is 5.41 Å². The van der Waals surface area contributed by atoms with Crippen LogP contribution in [0.2, 0.25) is 0 Å². The van der Waals surface area contributed by atoms with E-state index in [0.717, 1.165) is 5.56 Å². The highest BCUT2D eigenvalue weighted by Gasteiger charge is 2.29. The van der Waals surface area contributed by atoms with Crippen LogP contribution < -0.4 is 5.73 Å². The number of nitrogens with two attached hydrogens (primary N) is 1. The number of benzene rings is 1. The molecule has 96 valence electrons. The molecule has 5 heteroatoms. The molecule has 0 bridgehead atoms. The maximum absolute atomic E-state index is 9.56. The molecule has 1 heterocycles. The maximum Gasteiger partial charge on any atom is 0.256 e. The standard InChI is InChI=1S/C13H17N3O2/c1-13(2,9-6-4-3-5-7-9)12-15-11(18-16-12)10(17)8-14/h3-7,10,17H,8,14H2,1-2H3. The summed E-state index contributed by atoms with van der Waals surface area (Å²) in [6, 6.07) is 9.91. The molecule has 0 aliphatic carbocycles. The Morgan fingerprint density at radius 3 is 2.61 bits per heavy atom. The molecule has 0 fully saturated rings. The van der Waals surface area contributed by atoms with Crippen molar-refractivity contribution in [3.8, 4) is 0 Å². The van der Waals surface area contributed by atoms with E-state index in [9.17, 15) is 5.11 Å². The minimum atomic E-state index is -0.905. The highest BCUT2D eigenvalue weighted by Crippen LogP contribution is 2.29. The van der Waals surface area contributed by atoms with Crippen LogP contribution in [0.15, 0.2) is 34.9 Å². The summed E-state index contributed by atoms with van der Waals surface area (Å²) in [4.78, 5) is 4.22. The number of aliphatic hydroxyl groups is 1. The normalized spacial score (nSPS) is 13.6. The van der Waals surface area contributed by atoms with Crippen LogP contribution in [0.3, 0.4) is 0 Å². The summed E-state index contributed by atoms with van der Waals surface area (Å²) in [7, 11) is 0. The number of aliphatic hydroxyl groups excluding tert-OH is 1. The fourth-order valence-corrected chi connectivity index (χ4v) is 1.71. The van der Waals surface area contributed by atoms with Gasteiger partial charge in [-0.25, -0.2) is 0 Å². The summed E-state index contributed by atoms with van der Waals surface area (Å²) in [5.41, 5.74) is 6.06. The first-order chi connectivity index (χ1) is 8.55. The van der Waals surface area contributed by atoms with Crippen LogP contribution in [0, 0.1) is 0 Å². The van der Waals surface area contributed by atoms with Crippen LogP contribution in [0.5, 0.6) is 0 Å². The Bertz CT molecular complexity index is 508. The summed E-state index contributed by atoms with van der Waals surface area (Å²) in [6.45, 7) is 4.07. The molecule has 1 unspecified atom stereocenters. The summed E-state index contributed by atoms with van der Waals surface area (Å²) < 4.78 is 5.03. The lowest BCUT2D eigenvalue weighted by Gasteiger charge is -2.20. The molecule has 0 aliphatic heterocycles. The summed E-state index contributed by atoms with van der Waals surface area (Å²) in [5, 5.41) is 13.5. The molecule has 1 aromatic carbocycles. The van der Waals surface area contributed by atoms with E-state index >= 15 is 0 Å².